The molecule has 3 N–H and O–H groups in total. The molecule has 1 aromatic carbocycles. The molecule has 4 aromatic rings. The standard InChI is InChI=1S/C44H49F8N9O2/c1-7-25(2)14-30(15-26(3)43(47,48)49)34-18-36(44(50,51)52)57-61(34)24-41(4,5)56-38(62)35(16-27(20-53)21-55-40(45)46)60-13-12-42(39(60)63)19-33(42)29-10-8-28(9-11-29)31-17-32-23-59(6)58-37(32)54-22-31/h8-11,14-15,17-18,20-23,25,33,35,40H,7,12-13,16,19,24,53H2,1-6H3,(H,56,62)/b26-15+,27-20-,30-14+,55-21+. The Hall–Kier alpha value is -5.88. The van der Waals surface area contributed by atoms with Crippen LogP contribution in [0.25, 0.3) is 27.7 Å². The number of rotatable bonds is 15. The molecule has 0 bridgehead atoms. The van der Waals surface area contributed by atoms with Gasteiger partial charge in [0.15, 0.2) is 11.3 Å². The highest BCUT2D eigenvalue weighted by molar-refractivity contribution is 5.95. The number of likely N-dealkylation sites (tertiary alicyclic amines) is 1. The second kappa shape index (κ2) is 17.7. The SMILES string of the molecule is CCC(C)/C=C(\C=C(/C)C(F)(F)F)c1cc(C(F)(F)F)nn1CC(C)(C)NC(=O)C(CC(=C/N)/C=N/C(F)F)N1CCC2(CC2c2ccc(-c3cnc4nn(C)cc4c3)cc2)C1=O. The summed E-state index contributed by atoms with van der Waals surface area (Å²) in [5.41, 5.74) is 4.00. The number of benzene rings is 1. The molecule has 3 aromatic heterocycles. The van der Waals surface area contributed by atoms with E-state index in [-0.39, 0.29) is 47.5 Å². The number of nitrogens with zero attached hydrogens (tertiary/aromatic N) is 7. The molecule has 1 spiro atoms. The summed E-state index contributed by atoms with van der Waals surface area (Å²) in [5, 5.41) is 11.7. The van der Waals surface area contributed by atoms with Gasteiger partial charge in [0.1, 0.15) is 6.04 Å². The first kappa shape index (κ1) is 46.6. The fourth-order valence-corrected chi connectivity index (χ4v) is 8.03. The lowest BCUT2D eigenvalue weighted by molar-refractivity contribution is -0.141. The van der Waals surface area contributed by atoms with Gasteiger partial charge in [-0.2, -0.15) is 45.3 Å². The Morgan fingerprint density at radius 1 is 1.08 bits per heavy atom. The minimum atomic E-state index is -4.96. The predicted molar refractivity (Wildman–Crippen MR) is 222 cm³/mol. The van der Waals surface area contributed by atoms with E-state index in [1.54, 1.807) is 24.7 Å². The Morgan fingerprint density at radius 2 is 1.78 bits per heavy atom. The van der Waals surface area contributed by atoms with Crippen LogP contribution in [0.3, 0.4) is 0 Å². The van der Waals surface area contributed by atoms with Crippen molar-refractivity contribution in [3.8, 4) is 11.1 Å². The summed E-state index contributed by atoms with van der Waals surface area (Å²) in [4.78, 5) is 37.7. The smallest absolute Gasteiger partial charge is 0.404 e. The number of allylic oxidation sites excluding steroid dienone is 4. The van der Waals surface area contributed by atoms with Gasteiger partial charge in [0, 0.05) is 55.1 Å². The molecule has 4 unspecified atom stereocenters. The summed E-state index contributed by atoms with van der Waals surface area (Å²) in [7, 11) is 1.81. The van der Waals surface area contributed by atoms with Crippen molar-refractivity contribution in [1.29, 1.82) is 0 Å². The van der Waals surface area contributed by atoms with E-state index in [4.69, 9.17) is 5.73 Å². The Balaban J connectivity index is 1.27. The predicted octanol–water partition coefficient (Wildman–Crippen LogP) is 8.98. The lowest BCUT2D eigenvalue weighted by Gasteiger charge is -2.33. The number of hydrogen-bond donors (Lipinski definition) is 2. The molecule has 2 aliphatic rings. The average molecular weight is 888 g/mol. The number of aromatic nitrogens is 5. The summed E-state index contributed by atoms with van der Waals surface area (Å²) in [6, 6.07) is 9.09. The van der Waals surface area contributed by atoms with Crippen molar-refractivity contribution in [1.82, 2.24) is 34.8 Å². The third-order valence-corrected chi connectivity index (χ3v) is 11.7. The molecule has 1 aliphatic heterocycles. The molecule has 6 rings (SSSR count). The van der Waals surface area contributed by atoms with Gasteiger partial charge in [-0.1, -0.05) is 50.6 Å². The van der Waals surface area contributed by atoms with Gasteiger partial charge in [0.25, 0.3) is 0 Å². The van der Waals surface area contributed by atoms with Crippen LogP contribution >= 0.6 is 0 Å². The van der Waals surface area contributed by atoms with Gasteiger partial charge < -0.3 is 16.0 Å². The van der Waals surface area contributed by atoms with Crippen LogP contribution < -0.4 is 11.1 Å². The first-order valence-electron chi connectivity index (χ1n) is 20.3. The van der Waals surface area contributed by atoms with E-state index in [9.17, 15) is 44.7 Å². The maximum absolute atomic E-state index is 14.4. The summed E-state index contributed by atoms with van der Waals surface area (Å²) in [6.07, 6.45) is -1.12. The van der Waals surface area contributed by atoms with E-state index in [1.807, 2.05) is 43.6 Å². The summed E-state index contributed by atoms with van der Waals surface area (Å²) in [6.45, 7) is 3.82. The van der Waals surface area contributed by atoms with Crippen LogP contribution in [0.5, 0.6) is 0 Å². The number of alkyl halides is 8. The average Bonchev–Trinajstić information content (AvgIpc) is 3.39. The molecule has 338 valence electrons. The first-order chi connectivity index (χ1) is 29.4. The van der Waals surface area contributed by atoms with Crippen molar-refractivity contribution in [3.63, 3.8) is 0 Å². The number of pyridine rings is 1. The summed E-state index contributed by atoms with van der Waals surface area (Å²) in [5.74, 6) is -1.62. The van der Waals surface area contributed by atoms with Crippen molar-refractivity contribution in [2.24, 2.45) is 29.1 Å². The minimum Gasteiger partial charge on any atom is -0.404 e. The molecule has 2 amide bonds. The molecule has 11 nitrogen and oxygen atoms in total. The largest absolute Gasteiger partial charge is 0.435 e. The van der Waals surface area contributed by atoms with Gasteiger partial charge >= 0.3 is 18.9 Å². The molecular formula is C44H49F8N9O2. The van der Waals surface area contributed by atoms with Gasteiger partial charge in [0.05, 0.1) is 23.2 Å². The maximum Gasteiger partial charge on any atom is 0.435 e. The van der Waals surface area contributed by atoms with E-state index in [0.717, 1.165) is 52.2 Å². The Labute approximate surface area is 358 Å². The van der Waals surface area contributed by atoms with Crippen molar-refractivity contribution in [2.75, 3.05) is 6.54 Å². The zero-order valence-corrected chi connectivity index (χ0v) is 35.5. The first-order valence-corrected chi connectivity index (χ1v) is 20.3. The van der Waals surface area contributed by atoms with E-state index in [2.05, 4.69) is 25.5 Å². The number of carbonyl (C=O) groups is 2. The molecule has 19 heteroatoms. The van der Waals surface area contributed by atoms with Crippen LogP contribution in [-0.4, -0.2) is 78.3 Å². The number of aryl methyl sites for hydroxylation is 1. The molecule has 4 atom stereocenters. The lowest BCUT2D eigenvalue weighted by atomic mass is 9.95. The quantitative estimate of drug-likeness (QED) is 0.0530. The Kier molecular flexibility index (Phi) is 13.1. The van der Waals surface area contributed by atoms with Crippen LogP contribution in [0.1, 0.15) is 83.2 Å². The van der Waals surface area contributed by atoms with Crippen molar-refractivity contribution in [2.45, 2.75) is 103 Å². The molecule has 63 heavy (non-hydrogen) atoms. The zero-order chi connectivity index (χ0) is 46.2. The van der Waals surface area contributed by atoms with E-state index in [0.29, 0.717) is 31.0 Å². The van der Waals surface area contributed by atoms with Crippen LogP contribution in [0, 0.1) is 11.3 Å². The van der Waals surface area contributed by atoms with E-state index in [1.165, 1.54) is 24.8 Å². The molecule has 1 saturated carbocycles. The highest BCUT2D eigenvalue weighted by Gasteiger charge is 2.65. The minimum absolute atomic E-state index is 0.0136. The highest BCUT2D eigenvalue weighted by Crippen LogP contribution is 2.65. The zero-order valence-electron chi connectivity index (χ0n) is 35.5. The number of nitrogens with one attached hydrogen (secondary N) is 1. The third kappa shape index (κ3) is 10.5. The van der Waals surface area contributed by atoms with Crippen LogP contribution in [-0.2, 0) is 29.4 Å². The van der Waals surface area contributed by atoms with Gasteiger partial charge in [-0.25, -0.2) is 9.98 Å². The Bertz CT molecular complexity index is 2460. The number of hydrogen-bond acceptors (Lipinski definition) is 7. The van der Waals surface area contributed by atoms with Crippen LogP contribution in [0.4, 0.5) is 35.1 Å². The second-order valence-electron chi connectivity index (χ2n) is 17.0. The summed E-state index contributed by atoms with van der Waals surface area (Å²) >= 11 is 0. The number of amides is 2. The Morgan fingerprint density at radius 3 is 2.40 bits per heavy atom. The van der Waals surface area contributed by atoms with Gasteiger partial charge in [-0.15, -0.1) is 0 Å². The van der Waals surface area contributed by atoms with Crippen LogP contribution in [0.2, 0.25) is 0 Å². The number of carbonyl (C=O) groups excluding carboxylic acids is 2. The van der Waals surface area contributed by atoms with Crippen LogP contribution in [0.15, 0.2) is 83.3 Å². The lowest BCUT2D eigenvalue weighted by Crippen LogP contribution is -2.55. The molecule has 1 saturated heterocycles. The van der Waals surface area contributed by atoms with Crippen molar-refractivity contribution in [3.05, 3.63) is 95.2 Å². The third-order valence-electron chi connectivity index (χ3n) is 11.7. The normalized spacial score (nSPS) is 20.2. The second-order valence-corrected chi connectivity index (χ2v) is 17.0. The fourth-order valence-electron chi connectivity index (χ4n) is 8.03. The molecule has 4 heterocycles. The fraction of sp³-hybridized carbons (Fsp3) is 0.455. The molecule has 2 fully saturated rings. The molecular weight excluding hydrogens is 839 g/mol. The number of nitrogens with two attached hydrogens (primary N) is 1. The van der Waals surface area contributed by atoms with E-state index < -0.39 is 59.6 Å². The van der Waals surface area contributed by atoms with E-state index >= 15 is 0 Å². The number of fused-ring (bicyclic) bond motifs is 1. The van der Waals surface area contributed by atoms with Gasteiger partial charge in [0.2, 0.25) is 11.8 Å². The number of aliphatic imine (C=N–C) groups is 1. The molecule has 0 radical (unpaired) electrons. The van der Waals surface area contributed by atoms with Gasteiger partial charge in [-0.3, -0.25) is 19.0 Å². The topological polar surface area (TPSA) is 136 Å². The monoisotopic (exact) mass is 887 g/mol. The maximum atomic E-state index is 14.4. The van der Waals surface area contributed by atoms with Crippen molar-refractivity contribution < 1.29 is 44.7 Å². The number of halogens is 8. The summed E-state index contributed by atoms with van der Waals surface area (Å²) < 4.78 is 112. The molecule has 1 aliphatic carbocycles. The van der Waals surface area contributed by atoms with Crippen molar-refractivity contribution >= 4 is 34.6 Å². The van der Waals surface area contributed by atoms with Gasteiger partial charge in [-0.05, 0) is 92.1 Å². The highest BCUT2D eigenvalue weighted by atomic mass is 19.4.